The maximum absolute atomic E-state index is 5.80. The number of aromatic nitrogens is 2. The molecule has 0 saturated carbocycles. The van der Waals surface area contributed by atoms with E-state index >= 15 is 0 Å². The number of nitrogens with two attached hydrogens (primary N) is 1. The number of methoxy groups -OCH3 is 1. The molecular formula is C14H17N3OS. The Morgan fingerprint density at radius 2 is 1.74 bits per heavy atom. The van der Waals surface area contributed by atoms with Gasteiger partial charge in [-0.05, 0) is 56.3 Å². The number of hydrogen-bond acceptors (Lipinski definition) is 5. The molecule has 0 fully saturated rings. The summed E-state index contributed by atoms with van der Waals surface area (Å²) in [5.74, 6) is 0.672. The van der Waals surface area contributed by atoms with Crippen LogP contribution in [0, 0.1) is 20.8 Å². The minimum Gasteiger partial charge on any atom is -0.495 e. The van der Waals surface area contributed by atoms with Crippen molar-refractivity contribution in [1.29, 1.82) is 0 Å². The zero-order valence-corrected chi connectivity index (χ0v) is 12.3. The maximum Gasteiger partial charge on any atom is 0.192 e. The first kappa shape index (κ1) is 13.7. The summed E-state index contributed by atoms with van der Waals surface area (Å²) in [5.41, 5.74) is 9.59. The van der Waals surface area contributed by atoms with E-state index in [0.717, 1.165) is 27.0 Å². The van der Waals surface area contributed by atoms with Crippen LogP contribution in [-0.4, -0.2) is 17.1 Å². The highest BCUT2D eigenvalue weighted by atomic mass is 32.2. The van der Waals surface area contributed by atoms with Gasteiger partial charge in [-0.1, -0.05) is 0 Å². The lowest BCUT2D eigenvalue weighted by atomic mass is 10.2. The SMILES string of the molecule is COc1cc(Sc2nc(C)c(C)c(C)n2)ccc1N. The lowest BCUT2D eigenvalue weighted by Gasteiger charge is -2.08. The monoisotopic (exact) mass is 275 g/mol. The first-order chi connectivity index (χ1) is 9.01. The fraction of sp³-hybridized carbons (Fsp3) is 0.286. The average Bonchev–Trinajstić information content (AvgIpc) is 2.38. The van der Waals surface area contributed by atoms with Crippen LogP contribution in [0.4, 0.5) is 5.69 Å². The van der Waals surface area contributed by atoms with Crippen molar-refractivity contribution in [3.05, 3.63) is 35.2 Å². The van der Waals surface area contributed by atoms with Crippen molar-refractivity contribution < 1.29 is 4.74 Å². The molecule has 1 aromatic heterocycles. The van der Waals surface area contributed by atoms with Crippen molar-refractivity contribution >= 4 is 17.4 Å². The van der Waals surface area contributed by atoms with Gasteiger partial charge in [0.2, 0.25) is 0 Å². The topological polar surface area (TPSA) is 61.0 Å². The van der Waals surface area contributed by atoms with Crippen LogP contribution in [0.5, 0.6) is 5.75 Å². The van der Waals surface area contributed by atoms with Crippen molar-refractivity contribution in [1.82, 2.24) is 9.97 Å². The molecule has 100 valence electrons. The van der Waals surface area contributed by atoms with Crippen molar-refractivity contribution in [2.45, 2.75) is 30.8 Å². The molecule has 0 aliphatic carbocycles. The molecule has 0 amide bonds. The number of nitrogen functional groups attached to an aromatic ring is 1. The highest BCUT2D eigenvalue weighted by Crippen LogP contribution is 2.31. The fourth-order valence-corrected chi connectivity index (χ4v) is 2.53. The summed E-state index contributed by atoms with van der Waals surface area (Å²) in [6.07, 6.45) is 0. The van der Waals surface area contributed by atoms with Crippen LogP contribution < -0.4 is 10.5 Å². The van der Waals surface area contributed by atoms with Crippen LogP contribution >= 0.6 is 11.8 Å². The van der Waals surface area contributed by atoms with Gasteiger partial charge in [0.05, 0.1) is 12.8 Å². The summed E-state index contributed by atoms with van der Waals surface area (Å²) in [6.45, 7) is 6.03. The zero-order chi connectivity index (χ0) is 14.0. The van der Waals surface area contributed by atoms with Gasteiger partial charge in [0.1, 0.15) is 5.75 Å². The van der Waals surface area contributed by atoms with Crippen LogP contribution in [0.1, 0.15) is 17.0 Å². The second-order valence-electron chi connectivity index (χ2n) is 4.31. The van der Waals surface area contributed by atoms with E-state index in [2.05, 4.69) is 9.97 Å². The number of nitrogens with zero attached hydrogens (tertiary/aromatic N) is 2. The van der Waals surface area contributed by atoms with Gasteiger partial charge in [-0.2, -0.15) is 0 Å². The predicted molar refractivity (Wildman–Crippen MR) is 77.8 cm³/mol. The lowest BCUT2D eigenvalue weighted by molar-refractivity contribution is 0.416. The number of aryl methyl sites for hydroxylation is 2. The van der Waals surface area contributed by atoms with E-state index in [9.17, 15) is 0 Å². The Balaban J connectivity index is 2.31. The Morgan fingerprint density at radius 1 is 1.11 bits per heavy atom. The average molecular weight is 275 g/mol. The molecule has 0 spiro atoms. The Labute approximate surface area is 117 Å². The van der Waals surface area contributed by atoms with Gasteiger partial charge in [0.15, 0.2) is 5.16 Å². The molecule has 2 aromatic rings. The molecular weight excluding hydrogens is 258 g/mol. The second kappa shape index (κ2) is 5.48. The summed E-state index contributed by atoms with van der Waals surface area (Å²) in [7, 11) is 1.61. The summed E-state index contributed by atoms with van der Waals surface area (Å²) >= 11 is 1.51. The predicted octanol–water partition coefficient (Wildman–Crippen LogP) is 3.14. The van der Waals surface area contributed by atoms with E-state index in [-0.39, 0.29) is 0 Å². The lowest BCUT2D eigenvalue weighted by Crippen LogP contribution is -1.98. The number of rotatable bonds is 3. The van der Waals surface area contributed by atoms with Crippen molar-refractivity contribution in [3.63, 3.8) is 0 Å². The third kappa shape index (κ3) is 2.98. The first-order valence-corrected chi connectivity index (χ1v) is 6.76. The van der Waals surface area contributed by atoms with Gasteiger partial charge in [-0.25, -0.2) is 9.97 Å². The molecule has 0 saturated heterocycles. The number of ether oxygens (including phenoxy) is 1. The molecule has 0 radical (unpaired) electrons. The molecule has 2 rings (SSSR count). The smallest absolute Gasteiger partial charge is 0.192 e. The third-order valence-corrected chi connectivity index (χ3v) is 3.88. The van der Waals surface area contributed by atoms with Gasteiger partial charge < -0.3 is 10.5 Å². The van der Waals surface area contributed by atoms with Gasteiger partial charge in [-0.3, -0.25) is 0 Å². The molecule has 0 atom stereocenters. The maximum atomic E-state index is 5.80. The van der Waals surface area contributed by atoms with Crippen molar-refractivity contribution in [2.75, 3.05) is 12.8 Å². The van der Waals surface area contributed by atoms with Crippen LogP contribution in [0.15, 0.2) is 28.3 Å². The van der Waals surface area contributed by atoms with E-state index < -0.39 is 0 Å². The molecule has 2 N–H and O–H groups in total. The molecule has 0 aliphatic heterocycles. The van der Waals surface area contributed by atoms with Crippen molar-refractivity contribution in [3.8, 4) is 5.75 Å². The molecule has 4 nitrogen and oxygen atoms in total. The Bertz CT molecular complexity index is 591. The number of benzene rings is 1. The fourth-order valence-electron chi connectivity index (χ4n) is 1.65. The Hall–Kier alpha value is -1.75. The molecule has 0 bridgehead atoms. The van der Waals surface area contributed by atoms with Gasteiger partial charge in [0.25, 0.3) is 0 Å². The van der Waals surface area contributed by atoms with Crippen LogP contribution in [0.25, 0.3) is 0 Å². The van der Waals surface area contributed by atoms with Gasteiger partial charge >= 0.3 is 0 Å². The molecule has 1 aromatic carbocycles. The summed E-state index contributed by atoms with van der Waals surface area (Å²) in [4.78, 5) is 9.98. The molecule has 0 aliphatic rings. The van der Waals surface area contributed by atoms with E-state index in [4.69, 9.17) is 10.5 Å². The number of hydrogen-bond donors (Lipinski definition) is 1. The number of anilines is 1. The molecule has 19 heavy (non-hydrogen) atoms. The standard InChI is InChI=1S/C14H17N3OS/c1-8-9(2)16-14(17-10(8)3)19-11-5-6-12(15)13(7-11)18-4/h5-7H,15H2,1-4H3. The van der Waals surface area contributed by atoms with E-state index in [1.54, 1.807) is 7.11 Å². The summed E-state index contributed by atoms with van der Waals surface area (Å²) in [6, 6.07) is 5.67. The van der Waals surface area contributed by atoms with Gasteiger partial charge in [0, 0.05) is 16.3 Å². The van der Waals surface area contributed by atoms with E-state index in [1.165, 1.54) is 11.8 Å². The largest absolute Gasteiger partial charge is 0.495 e. The quantitative estimate of drug-likeness (QED) is 0.688. The molecule has 1 heterocycles. The van der Waals surface area contributed by atoms with Gasteiger partial charge in [-0.15, -0.1) is 0 Å². The van der Waals surface area contributed by atoms with E-state index in [0.29, 0.717) is 11.4 Å². The minimum absolute atomic E-state index is 0.629. The second-order valence-corrected chi connectivity index (χ2v) is 5.35. The Morgan fingerprint density at radius 3 is 2.32 bits per heavy atom. The highest BCUT2D eigenvalue weighted by Gasteiger charge is 2.08. The minimum atomic E-state index is 0.629. The third-order valence-electron chi connectivity index (χ3n) is 3.03. The molecule has 0 unspecified atom stereocenters. The van der Waals surface area contributed by atoms with Crippen LogP contribution in [0.3, 0.4) is 0 Å². The molecule has 5 heteroatoms. The highest BCUT2D eigenvalue weighted by molar-refractivity contribution is 7.99. The van der Waals surface area contributed by atoms with Crippen LogP contribution in [0.2, 0.25) is 0 Å². The summed E-state index contributed by atoms with van der Waals surface area (Å²) < 4.78 is 5.21. The van der Waals surface area contributed by atoms with Crippen LogP contribution in [-0.2, 0) is 0 Å². The Kier molecular flexibility index (Phi) is 3.95. The normalized spacial score (nSPS) is 10.5. The first-order valence-electron chi connectivity index (χ1n) is 5.94. The summed E-state index contributed by atoms with van der Waals surface area (Å²) in [5, 5.41) is 0.743. The van der Waals surface area contributed by atoms with E-state index in [1.807, 2.05) is 39.0 Å². The van der Waals surface area contributed by atoms with Crippen molar-refractivity contribution in [2.24, 2.45) is 0 Å². The zero-order valence-electron chi connectivity index (χ0n) is 11.5.